The van der Waals surface area contributed by atoms with Gasteiger partial charge < -0.3 is 15.8 Å². The van der Waals surface area contributed by atoms with Gasteiger partial charge in [-0.15, -0.1) is 12.4 Å². The first-order valence-electron chi connectivity index (χ1n) is 8.30. The number of nitrogens with two attached hydrogens (primary N) is 1. The van der Waals surface area contributed by atoms with E-state index in [0.29, 0.717) is 5.56 Å². The molecule has 1 aliphatic rings. The van der Waals surface area contributed by atoms with Gasteiger partial charge in [0.2, 0.25) is 0 Å². The lowest BCUT2D eigenvalue weighted by molar-refractivity contribution is 0.0548. The molecule has 0 unspecified atom stereocenters. The van der Waals surface area contributed by atoms with Gasteiger partial charge >= 0.3 is 5.97 Å². The van der Waals surface area contributed by atoms with Crippen molar-refractivity contribution < 1.29 is 14.3 Å². The molecular formula is C19H21ClN4O3. The van der Waals surface area contributed by atoms with E-state index in [0.717, 1.165) is 29.5 Å². The number of carbonyl (C=O) groups is 2. The molecule has 3 N–H and O–H groups in total. The van der Waals surface area contributed by atoms with E-state index in [9.17, 15) is 9.59 Å². The van der Waals surface area contributed by atoms with Gasteiger partial charge in [0.1, 0.15) is 24.4 Å². The molecule has 0 aliphatic heterocycles. The third kappa shape index (κ3) is 4.25. The van der Waals surface area contributed by atoms with Gasteiger partial charge in [0.25, 0.3) is 5.91 Å². The van der Waals surface area contributed by atoms with Gasteiger partial charge in [-0.2, -0.15) is 0 Å². The molecule has 27 heavy (non-hydrogen) atoms. The summed E-state index contributed by atoms with van der Waals surface area (Å²) in [6.45, 7) is 5.62. The van der Waals surface area contributed by atoms with Crippen LogP contribution >= 0.6 is 12.4 Å². The number of hydrogen-bond acceptors (Lipinski definition) is 6. The summed E-state index contributed by atoms with van der Waals surface area (Å²) in [4.78, 5) is 32.3. The number of benzene rings is 1. The minimum Gasteiger partial charge on any atom is -0.458 e. The number of nitrogens with zero attached hydrogens (tertiary/aromatic N) is 2. The van der Waals surface area contributed by atoms with Crippen molar-refractivity contribution in [3.05, 3.63) is 65.1 Å². The molecule has 2 aromatic rings. The summed E-state index contributed by atoms with van der Waals surface area (Å²) in [5.41, 5.74) is 9.35. The van der Waals surface area contributed by atoms with Crippen LogP contribution in [-0.2, 0) is 11.2 Å². The number of carbonyl (C=O) groups excluding carboxylic acids is 2. The summed E-state index contributed by atoms with van der Waals surface area (Å²) in [7, 11) is 0. The molecule has 1 amide bonds. The van der Waals surface area contributed by atoms with E-state index in [-0.39, 0.29) is 48.4 Å². The number of nitrogen functional groups attached to an aromatic ring is 1. The van der Waals surface area contributed by atoms with Crippen LogP contribution in [0.15, 0.2) is 37.2 Å². The Morgan fingerprint density at radius 1 is 1.41 bits per heavy atom. The van der Waals surface area contributed by atoms with Crippen molar-refractivity contribution in [3.8, 4) is 0 Å². The van der Waals surface area contributed by atoms with Crippen LogP contribution in [0.3, 0.4) is 0 Å². The van der Waals surface area contributed by atoms with Crippen molar-refractivity contribution in [1.82, 2.24) is 15.3 Å². The zero-order chi connectivity index (χ0) is 18.7. The fraction of sp³-hybridized carbons (Fsp3) is 0.263. The molecule has 1 aromatic carbocycles. The van der Waals surface area contributed by atoms with E-state index >= 15 is 0 Å². The van der Waals surface area contributed by atoms with Crippen LogP contribution in [0.25, 0.3) is 0 Å². The topological polar surface area (TPSA) is 107 Å². The maximum atomic E-state index is 12.4. The number of halogens is 1. The number of rotatable bonds is 5. The fourth-order valence-corrected chi connectivity index (χ4v) is 3.19. The minimum atomic E-state index is -0.367. The molecule has 0 bridgehead atoms. The molecule has 0 spiro atoms. The molecule has 8 heteroatoms. The third-order valence-corrected chi connectivity index (χ3v) is 4.47. The van der Waals surface area contributed by atoms with E-state index < -0.39 is 0 Å². The number of fused-ring (bicyclic) bond motifs is 1. The first-order valence-corrected chi connectivity index (χ1v) is 8.30. The van der Waals surface area contributed by atoms with E-state index in [1.807, 2.05) is 13.0 Å². The lowest BCUT2D eigenvalue weighted by atomic mass is 9.98. The predicted octanol–water partition coefficient (Wildman–Crippen LogP) is 2.55. The lowest BCUT2D eigenvalue weighted by Crippen LogP contribution is -2.28. The Morgan fingerprint density at radius 2 is 2.19 bits per heavy atom. The Kier molecular flexibility index (Phi) is 6.52. The molecule has 1 aromatic heterocycles. The first kappa shape index (κ1) is 20.4. The molecule has 3 rings (SSSR count). The number of nitrogens with one attached hydrogen (secondary N) is 1. The van der Waals surface area contributed by atoms with Gasteiger partial charge in [-0.1, -0.05) is 18.7 Å². The Bertz CT molecular complexity index is 885. The smallest absolute Gasteiger partial charge is 0.338 e. The lowest BCUT2D eigenvalue weighted by Gasteiger charge is -2.15. The number of aromatic nitrogens is 2. The van der Waals surface area contributed by atoms with Crippen molar-refractivity contribution in [2.45, 2.75) is 25.8 Å². The quantitative estimate of drug-likeness (QED) is 0.602. The number of hydrogen-bond donors (Lipinski definition) is 2. The van der Waals surface area contributed by atoms with Crippen molar-refractivity contribution in [2.75, 3.05) is 12.3 Å². The van der Waals surface area contributed by atoms with Crippen LogP contribution in [0, 0.1) is 6.92 Å². The maximum Gasteiger partial charge on any atom is 0.338 e. The molecule has 1 aliphatic carbocycles. The van der Waals surface area contributed by atoms with Crippen molar-refractivity contribution in [3.63, 3.8) is 0 Å². The average Bonchev–Trinajstić information content (AvgIpc) is 3.03. The summed E-state index contributed by atoms with van der Waals surface area (Å²) in [5, 5.41) is 2.97. The molecule has 0 fully saturated rings. The van der Waals surface area contributed by atoms with Crippen molar-refractivity contribution in [1.29, 1.82) is 0 Å². The highest BCUT2D eigenvalue weighted by molar-refractivity contribution is 5.93. The van der Waals surface area contributed by atoms with Crippen LogP contribution in [0.1, 0.15) is 50.0 Å². The van der Waals surface area contributed by atoms with Crippen molar-refractivity contribution in [2.24, 2.45) is 0 Å². The SMILES string of the molecule is C=CCOC(=O)c1ccc2c(c1C)CC[C@@H]2NC(=O)c1cc(N)ncn1.Cl. The maximum absolute atomic E-state index is 12.4. The highest BCUT2D eigenvalue weighted by Gasteiger charge is 2.28. The predicted molar refractivity (Wildman–Crippen MR) is 104 cm³/mol. The van der Waals surface area contributed by atoms with E-state index in [1.54, 1.807) is 6.07 Å². The summed E-state index contributed by atoms with van der Waals surface area (Å²) >= 11 is 0. The number of ether oxygens (including phenoxy) is 1. The summed E-state index contributed by atoms with van der Waals surface area (Å²) < 4.78 is 5.13. The Balaban J connectivity index is 0.00000261. The van der Waals surface area contributed by atoms with Gasteiger partial charge in [-0.25, -0.2) is 14.8 Å². The second-order valence-corrected chi connectivity index (χ2v) is 6.09. The normalized spacial score (nSPS) is 14.6. The van der Waals surface area contributed by atoms with Crippen LogP contribution in [-0.4, -0.2) is 28.5 Å². The molecule has 0 saturated carbocycles. The monoisotopic (exact) mass is 388 g/mol. The average molecular weight is 389 g/mol. The summed E-state index contributed by atoms with van der Waals surface area (Å²) in [6, 6.07) is 4.92. The second-order valence-electron chi connectivity index (χ2n) is 6.09. The zero-order valence-electron chi connectivity index (χ0n) is 14.9. The van der Waals surface area contributed by atoms with Gasteiger partial charge in [0.05, 0.1) is 11.6 Å². The van der Waals surface area contributed by atoms with Crippen LogP contribution in [0.5, 0.6) is 0 Å². The van der Waals surface area contributed by atoms with Crippen LogP contribution < -0.4 is 11.1 Å². The third-order valence-electron chi connectivity index (χ3n) is 4.47. The standard InChI is InChI=1S/C19H20N4O3.ClH/c1-3-8-26-19(25)13-4-5-14-12(11(13)2)6-7-15(14)23-18(24)16-9-17(20)22-10-21-16;/h3-5,9-10,15H,1,6-8H2,2H3,(H,23,24)(H2,20,21,22);1H/t15-;/m0./s1. The molecule has 0 radical (unpaired) electrons. The largest absolute Gasteiger partial charge is 0.458 e. The molecule has 1 atom stereocenters. The number of amides is 1. The zero-order valence-corrected chi connectivity index (χ0v) is 15.7. The van der Waals surface area contributed by atoms with Crippen LogP contribution in [0.4, 0.5) is 5.82 Å². The van der Waals surface area contributed by atoms with E-state index in [2.05, 4.69) is 21.9 Å². The molecule has 1 heterocycles. The number of anilines is 1. The molecule has 0 saturated heterocycles. The van der Waals surface area contributed by atoms with Gasteiger partial charge in [0, 0.05) is 6.07 Å². The minimum absolute atomic E-state index is 0. The van der Waals surface area contributed by atoms with E-state index in [1.165, 1.54) is 18.5 Å². The summed E-state index contributed by atoms with van der Waals surface area (Å²) in [5.74, 6) is -0.422. The van der Waals surface area contributed by atoms with Crippen molar-refractivity contribution >= 4 is 30.1 Å². The van der Waals surface area contributed by atoms with Gasteiger partial charge in [-0.05, 0) is 42.5 Å². The Morgan fingerprint density at radius 3 is 2.89 bits per heavy atom. The summed E-state index contributed by atoms with van der Waals surface area (Å²) in [6.07, 6.45) is 4.33. The second kappa shape index (κ2) is 8.64. The molecular weight excluding hydrogens is 368 g/mol. The fourth-order valence-electron chi connectivity index (χ4n) is 3.19. The highest BCUT2D eigenvalue weighted by atomic mass is 35.5. The van der Waals surface area contributed by atoms with Gasteiger partial charge in [-0.3, -0.25) is 4.79 Å². The van der Waals surface area contributed by atoms with Crippen LogP contribution in [0.2, 0.25) is 0 Å². The number of esters is 1. The van der Waals surface area contributed by atoms with Gasteiger partial charge in [0.15, 0.2) is 0 Å². The van der Waals surface area contributed by atoms with E-state index in [4.69, 9.17) is 10.5 Å². The molecule has 142 valence electrons. The first-order chi connectivity index (χ1) is 12.5. The Hall–Kier alpha value is -2.93. The Labute approximate surface area is 163 Å². The molecule has 7 nitrogen and oxygen atoms in total. The highest BCUT2D eigenvalue weighted by Crippen LogP contribution is 2.35.